The average Bonchev–Trinajstić information content (AvgIpc) is 3.25. The normalized spacial score (nSPS) is 15.1. The molecule has 0 N–H and O–H groups in total. The van der Waals surface area contributed by atoms with Gasteiger partial charge in [-0.2, -0.15) is 0 Å². The average molecular weight is 536 g/mol. The number of hydrogen-bond donors (Lipinski definition) is 0. The summed E-state index contributed by atoms with van der Waals surface area (Å²) in [5, 5.41) is 0. The SMILES string of the molecule is Cc1ccc(C(=O)Oc2ccc(C(=O)COC(=O)[C@H]3CC(=O)N(c4ccc(Br)cc4)C3)cc2)cc1. The van der Waals surface area contributed by atoms with Gasteiger partial charge in [0.1, 0.15) is 5.75 Å². The third-order valence-corrected chi connectivity index (χ3v) is 6.14. The van der Waals surface area contributed by atoms with Crippen LogP contribution in [0.5, 0.6) is 5.75 Å². The largest absolute Gasteiger partial charge is 0.457 e. The molecule has 7 nitrogen and oxygen atoms in total. The number of benzene rings is 3. The van der Waals surface area contributed by atoms with Crippen LogP contribution in [0.1, 0.15) is 32.7 Å². The van der Waals surface area contributed by atoms with E-state index in [9.17, 15) is 19.2 Å². The van der Waals surface area contributed by atoms with E-state index in [0.717, 1.165) is 10.0 Å². The van der Waals surface area contributed by atoms with Gasteiger partial charge in [0.25, 0.3) is 0 Å². The molecule has 0 aromatic heterocycles. The van der Waals surface area contributed by atoms with Crippen LogP contribution in [0.25, 0.3) is 0 Å². The highest BCUT2D eigenvalue weighted by atomic mass is 79.9. The molecule has 1 atom stereocenters. The Morgan fingerprint density at radius 1 is 0.914 bits per heavy atom. The van der Waals surface area contributed by atoms with E-state index in [1.54, 1.807) is 24.3 Å². The summed E-state index contributed by atoms with van der Waals surface area (Å²) in [7, 11) is 0. The van der Waals surface area contributed by atoms with Gasteiger partial charge >= 0.3 is 11.9 Å². The van der Waals surface area contributed by atoms with Gasteiger partial charge in [-0.25, -0.2) is 4.79 Å². The number of Topliss-reactive ketones (excluding diaryl/α,β-unsaturated/α-hetero) is 1. The van der Waals surface area contributed by atoms with E-state index in [1.165, 1.54) is 29.2 Å². The number of nitrogens with zero attached hydrogens (tertiary/aromatic N) is 1. The molecule has 0 unspecified atom stereocenters. The van der Waals surface area contributed by atoms with Crippen molar-refractivity contribution >= 4 is 45.2 Å². The highest BCUT2D eigenvalue weighted by molar-refractivity contribution is 9.10. The second kappa shape index (κ2) is 10.7. The summed E-state index contributed by atoms with van der Waals surface area (Å²) in [6, 6.07) is 20.2. The molecule has 178 valence electrons. The van der Waals surface area contributed by atoms with Gasteiger partial charge in [0.2, 0.25) is 5.91 Å². The third-order valence-electron chi connectivity index (χ3n) is 5.62. The number of aryl methyl sites for hydroxylation is 1. The Balaban J connectivity index is 1.28. The van der Waals surface area contributed by atoms with Crippen molar-refractivity contribution in [1.29, 1.82) is 0 Å². The maximum Gasteiger partial charge on any atom is 0.343 e. The van der Waals surface area contributed by atoms with Crippen molar-refractivity contribution in [3.63, 3.8) is 0 Å². The predicted molar refractivity (Wildman–Crippen MR) is 132 cm³/mol. The van der Waals surface area contributed by atoms with Crippen LogP contribution < -0.4 is 9.64 Å². The number of amides is 1. The number of hydrogen-bond acceptors (Lipinski definition) is 6. The second-order valence-corrected chi connectivity index (χ2v) is 9.11. The maximum absolute atomic E-state index is 12.5. The lowest BCUT2D eigenvalue weighted by Gasteiger charge is -2.16. The van der Waals surface area contributed by atoms with Crippen molar-refractivity contribution in [2.75, 3.05) is 18.1 Å². The molecule has 0 spiro atoms. The zero-order valence-electron chi connectivity index (χ0n) is 18.9. The van der Waals surface area contributed by atoms with Gasteiger partial charge in [-0.05, 0) is 67.6 Å². The summed E-state index contributed by atoms with van der Waals surface area (Å²) >= 11 is 3.35. The molecule has 35 heavy (non-hydrogen) atoms. The van der Waals surface area contributed by atoms with Gasteiger partial charge in [-0.15, -0.1) is 0 Å². The minimum atomic E-state index is -0.637. The van der Waals surface area contributed by atoms with E-state index in [-0.39, 0.29) is 18.9 Å². The highest BCUT2D eigenvalue weighted by Gasteiger charge is 2.36. The maximum atomic E-state index is 12.5. The van der Waals surface area contributed by atoms with E-state index in [1.807, 2.05) is 31.2 Å². The predicted octanol–water partition coefficient (Wildman–Crippen LogP) is 4.76. The van der Waals surface area contributed by atoms with E-state index >= 15 is 0 Å². The van der Waals surface area contributed by atoms with Gasteiger partial charge in [0, 0.05) is 28.7 Å². The van der Waals surface area contributed by atoms with E-state index in [0.29, 0.717) is 22.6 Å². The second-order valence-electron chi connectivity index (χ2n) is 8.19. The minimum Gasteiger partial charge on any atom is -0.457 e. The molecule has 0 saturated carbocycles. The third kappa shape index (κ3) is 6.02. The van der Waals surface area contributed by atoms with Crippen LogP contribution in [0, 0.1) is 12.8 Å². The number of ketones is 1. The first-order valence-corrected chi connectivity index (χ1v) is 11.7. The lowest BCUT2D eigenvalue weighted by molar-refractivity contribution is -0.147. The lowest BCUT2D eigenvalue weighted by Crippen LogP contribution is -2.27. The first kappa shape index (κ1) is 24.3. The molecule has 1 amide bonds. The summed E-state index contributed by atoms with van der Waals surface area (Å²) in [4.78, 5) is 51.0. The molecule has 0 bridgehead atoms. The highest BCUT2D eigenvalue weighted by Crippen LogP contribution is 2.27. The fourth-order valence-corrected chi connectivity index (χ4v) is 3.90. The molecule has 8 heteroatoms. The molecule has 1 aliphatic rings. The smallest absolute Gasteiger partial charge is 0.343 e. The van der Waals surface area contributed by atoms with Gasteiger partial charge in [-0.3, -0.25) is 14.4 Å². The van der Waals surface area contributed by atoms with Crippen molar-refractivity contribution in [3.8, 4) is 5.75 Å². The Kier molecular flexibility index (Phi) is 7.41. The fourth-order valence-electron chi connectivity index (χ4n) is 3.64. The van der Waals surface area contributed by atoms with E-state index in [2.05, 4.69) is 15.9 Å². The Labute approximate surface area is 210 Å². The molecule has 4 rings (SSSR count). The summed E-state index contributed by atoms with van der Waals surface area (Å²) in [6.45, 7) is 1.69. The first-order valence-electron chi connectivity index (χ1n) is 10.9. The molecule has 1 aliphatic heterocycles. The van der Waals surface area contributed by atoms with Crippen LogP contribution in [0.2, 0.25) is 0 Å². The zero-order chi connectivity index (χ0) is 24.9. The molecule has 0 radical (unpaired) electrons. The number of esters is 2. The summed E-state index contributed by atoms with van der Waals surface area (Å²) < 4.78 is 11.4. The summed E-state index contributed by atoms with van der Waals surface area (Å²) in [5.74, 6) is -2.00. The standard InChI is InChI=1S/C27H22BrNO6/c1-17-2-4-19(5-3-17)27(33)35-23-12-6-18(7-13-23)24(30)16-34-26(32)20-14-25(31)29(15-20)22-10-8-21(28)9-11-22/h2-13,20H,14-16H2,1H3/t20-/m0/s1. The molecular formula is C27H22BrNO6. The Hall–Kier alpha value is -3.78. The molecular weight excluding hydrogens is 514 g/mol. The lowest BCUT2D eigenvalue weighted by atomic mass is 10.1. The van der Waals surface area contributed by atoms with Crippen molar-refractivity contribution in [2.45, 2.75) is 13.3 Å². The monoisotopic (exact) mass is 535 g/mol. The molecule has 1 heterocycles. The molecule has 1 saturated heterocycles. The van der Waals surface area contributed by atoms with Crippen molar-refractivity contribution < 1.29 is 28.7 Å². The Bertz CT molecular complexity index is 1250. The number of carbonyl (C=O) groups excluding carboxylic acids is 4. The van der Waals surface area contributed by atoms with Crippen molar-refractivity contribution in [1.82, 2.24) is 0 Å². The van der Waals surface area contributed by atoms with E-state index < -0.39 is 30.2 Å². The summed E-state index contributed by atoms with van der Waals surface area (Å²) in [5.41, 5.74) is 2.47. The Morgan fingerprint density at radius 3 is 2.20 bits per heavy atom. The molecule has 1 fully saturated rings. The van der Waals surface area contributed by atoms with Crippen LogP contribution in [0.3, 0.4) is 0 Å². The van der Waals surface area contributed by atoms with Gasteiger partial charge in [0.15, 0.2) is 12.4 Å². The summed E-state index contributed by atoms with van der Waals surface area (Å²) in [6.07, 6.45) is 0.0319. The Morgan fingerprint density at radius 2 is 1.54 bits per heavy atom. The minimum absolute atomic E-state index is 0.0319. The van der Waals surface area contributed by atoms with Gasteiger partial charge < -0.3 is 14.4 Å². The number of halogens is 1. The van der Waals surface area contributed by atoms with E-state index in [4.69, 9.17) is 9.47 Å². The van der Waals surface area contributed by atoms with Gasteiger partial charge in [0.05, 0.1) is 11.5 Å². The number of carbonyl (C=O) groups is 4. The van der Waals surface area contributed by atoms with Crippen LogP contribution in [0.4, 0.5) is 5.69 Å². The quantitative estimate of drug-likeness (QED) is 0.246. The topological polar surface area (TPSA) is 90.0 Å². The molecule has 3 aromatic carbocycles. The zero-order valence-corrected chi connectivity index (χ0v) is 20.5. The first-order chi connectivity index (χ1) is 16.8. The van der Waals surface area contributed by atoms with Crippen LogP contribution in [-0.2, 0) is 14.3 Å². The van der Waals surface area contributed by atoms with Gasteiger partial charge in [-0.1, -0.05) is 33.6 Å². The number of anilines is 1. The van der Waals surface area contributed by atoms with Crippen LogP contribution in [-0.4, -0.2) is 36.8 Å². The molecule has 0 aliphatic carbocycles. The number of rotatable bonds is 7. The fraction of sp³-hybridized carbons (Fsp3) is 0.185. The van der Waals surface area contributed by atoms with Crippen molar-refractivity contribution in [2.24, 2.45) is 5.92 Å². The number of ether oxygens (including phenoxy) is 2. The van der Waals surface area contributed by atoms with Crippen LogP contribution >= 0.6 is 15.9 Å². The van der Waals surface area contributed by atoms with Crippen LogP contribution in [0.15, 0.2) is 77.3 Å². The van der Waals surface area contributed by atoms with Crippen molar-refractivity contribution in [3.05, 3.63) is 94.0 Å². The molecule has 3 aromatic rings.